The SMILES string of the molecule is C=C(C)C(=N)OCc1ccccc1.C=CC. The molecule has 0 saturated carbocycles. The Labute approximate surface area is 97.8 Å². The molecule has 0 amide bonds. The molecule has 1 aromatic rings. The molecule has 0 unspecified atom stereocenters. The minimum Gasteiger partial charge on any atom is -0.473 e. The van der Waals surface area contributed by atoms with Crippen LogP contribution in [0.4, 0.5) is 0 Å². The van der Waals surface area contributed by atoms with Crippen molar-refractivity contribution < 1.29 is 4.74 Å². The number of allylic oxidation sites excluding steroid dienone is 1. The Morgan fingerprint density at radius 2 is 1.88 bits per heavy atom. The van der Waals surface area contributed by atoms with Crippen LogP contribution in [0.2, 0.25) is 0 Å². The highest BCUT2D eigenvalue weighted by Gasteiger charge is 1.97. The van der Waals surface area contributed by atoms with Gasteiger partial charge in [0.1, 0.15) is 6.61 Å². The zero-order valence-corrected chi connectivity index (χ0v) is 9.99. The second kappa shape index (κ2) is 8.48. The summed E-state index contributed by atoms with van der Waals surface area (Å²) in [6, 6.07) is 9.77. The van der Waals surface area contributed by atoms with Gasteiger partial charge in [0, 0.05) is 5.57 Å². The van der Waals surface area contributed by atoms with Gasteiger partial charge in [-0.25, -0.2) is 0 Å². The summed E-state index contributed by atoms with van der Waals surface area (Å²) in [6.45, 7) is 11.1. The maximum Gasteiger partial charge on any atom is 0.208 e. The summed E-state index contributed by atoms with van der Waals surface area (Å²) in [7, 11) is 0. The molecular formula is C14H19NO. The van der Waals surface area contributed by atoms with Crippen molar-refractivity contribution in [3.63, 3.8) is 0 Å². The standard InChI is InChI=1S/C11H13NO.C3H6/c1-9(2)11(12)13-8-10-6-4-3-5-7-10;1-3-2/h3-7,12H,1,8H2,2H3;3H,1H2,2H3. The highest BCUT2D eigenvalue weighted by molar-refractivity contribution is 5.89. The van der Waals surface area contributed by atoms with Crippen LogP contribution in [-0.2, 0) is 11.3 Å². The Kier molecular flexibility index (Phi) is 7.51. The average Bonchev–Trinajstić information content (AvgIpc) is 2.28. The van der Waals surface area contributed by atoms with Gasteiger partial charge >= 0.3 is 0 Å². The fourth-order valence-electron chi connectivity index (χ4n) is 0.853. The van der Waals surface area contributed by atoms with E-state index >= 15 is 0 Å². The Bertz CT molecular complexity index is 341. The molecule has 1 N–H and O–H groups in total. The predicted molar refractivity (Wildman–Crippen MR) is 69.6 cm³/mol. The molecule has 0 aliphatic heterocycles. The Balaban J connectivity index is 0.000000673. The van der Waals surface area contributed by atoms with Gasteiger partial charge in [-0.2, -0.15) is 0 Å². The molecule has 0 aliphatic carbocycles. The van der Waals surface area contributed by atoms with E-state index in [0.717, 1.165) is 5.56 Å². The van der Waals surface area contributed by atoms with E-state index in [0.29, 0.717) is 12.2 Å². The largest absolute Gasteiger partial charge is 0.473 e. The summed E-state index contributed by atoms with van der Waals surface area (Å²) in [5.41, 5.74) is 1.71. The van der Waals surface area contributed by atoms with Gasteiger partial charge in [0.2, 0.25) is 5.90 Å². The third-order valence-corrected chi connectivity index (χ3v) is 1.61. The van der Waals surface area contributed by atoms with Gasteiger partial charge in [0.05, 0.1) is 0 Å². The fourth-order valence-corrected chi connectivity index (χ4v) is 0.853. The first-order valence-corrected chi connectivity index (χ1v) is 5.10. The molecule has 0 bridgehead atoms. The number of hydrogen-bond donors (Lipinski definition) is 1. The first kappa shape index (κ1) is 14.2. The van der Waals surface area contributed by atoms with Gasteiger partial charge < -0.3 is 4.74 Å². The van der Waals surface area contributed by atoms with E-state index in [-0.39, 0.29) is 5.90 Å². The molecule has 16 heavy (non-hydrogen) atoms. The van der Waals surface area contributed by atoms with Crippen LogP contribution in [0.5, 0.6) is 0 Å². The van der Waals surface area contributed by atoms with Crippen molar-refractivity contribution in [1.29, 1.82) is 5.41 Å². The van der Waals surface area contributed by atoms with Crippen LogP contribution in [-0.4, -0.2) is 5.90 Å². The molecule has 2 nitrogen and oxygen atoms in total. The van der Waals surface area contributed by atoms with Crippen LogP contribution in [0, 0.1) is 5.41 Å². The lowest BCUT2D eigenvalue weighted by molar-refractivity contribution is 0.290. The average molecular weight is 217 g/mol. The van der Waals surface area contributed by atoms with Gasteiger partial charge in [-0.15, -0.1) is 6.58 Å². The van der Waals surface area contributed by atoms with Crippen molar-refractivity contribution in [2.45, 2.75) is 20.5 Å². The van der Waals surface area contributed by atoms with Crippen molar-refractivity contribution in [2.75, 3.05) is 0 Å². The number of hydrogen-bond acceptors (Lipinski definition) is 2. The van der Waals surface area contributed by atoms with Crippen molar-refractivity contribution in [2.24, 2.45) is 0 Å². The van der Waals surface area contributed by atoms with Crippen LogP contribution in [0.1, 0.15) is 19.4 Å². The van der Waals surface area contributed by atoms with Crippen molar-refractivity contribution >= 4 is 5.90 Å². The van der Waals surface area contributed by atoms with Crippen LogP contribution >= 0.6 is 0 Å². The van der Waals surface area contributed by atoms with Gasteiger partial charge in [0.25, 0.3) is 0 Å². The van der Waals surface area contributed by atoms with E-state index in [1.807, 2.05) is 37.3 Å². The summed E-state index contributed by atoms with van der Waals surface area (Å²) in [4.78, 5) is 0. The lowest BCUT2D eigenvalue weighted by Crippen LogP contribution is -2.03. The number of benzene rings is 1. The molecular weight excluding hydrogens is 198 g/mol. The van der Waals surface area contributed by atoms with Crippen LogP contribution < -0.4 is 0 Å². The maximum absolute atomic E-state index is 7.37. The van der Waals surface area contributed by atoms with Crippen molar-refractivity contribution in [3.8, 4) is 0 Å². The lowest BCUT2D eigenvalue weighted by Gasteiger charge is -2.06. The molecule has 0 heterocycles. The van der Waals surface area contributed by atoms with Crippen molar-refractivity contribution in [3.05, 3.63) is 60.7 Å². The molecule has 0 fully saturated rings. The van der Waals surface area contributed by atoms with Crippen molar-refractivity contribution in [1.82, 2.24) is 0 Å². The Hall–Kier alpha value is -1.83. The number of rotatable bonds is 3. The van der Waals surface area contributed by atoms with Gasteiger partial charge in [0.15, 0.2) is 0 Å². The first-order valence-electron chi connectivity index (χ1n) is 5.10. The summed E-state index contributed by atoms with van der Waals surface area (Å²) in [5, 5.41) is 7.37. The maximum atomic E-state index is 7.37. The summed E-state index contributed by atoms with van der Waals surface area (Å²) < 4.78 is 5.17. The topological polar surface area (TPSA) is 33.1 Å². The molecule has 0 radical (unpaired) electrons. The monoisotopic (exact) mass is 217 g/mol. The molecule has 2 heteroatoms. The first-order chi connectivity index (χ1) is 7.61. The van der Waals surface area contributed by atoms with E-state index in [4.69, 9.17) is 10.1 Å². The molecule has 1 aromatic carbocycles. The zero-order chi connectivity index (χ0) is 12.4. The lowest BCUT2D eigenvalue weighted by atomic mass is 10.2. The van der Waals surface area contributed by atoms with Crippen LogP contribution in [0.25, 0.3) is 0 Å². The Morgan fingerprint density at radius 3 is 2.31 bits per heavy atom. The van der Waals surface area contributed by atoms with Gasteiger partial charge in [-0.1, -0.05) is 43.0 Å². The predicted octanol–water partition coefficient (Wildman–Crippen LogP) is 3.95. The Morgan fingerprint density at radius 1 is 1.38 bits per heavy atom. The summed E-state index contributed by atoms with van der Waals surface area (Å²) >= 11 is 0. The molecule has 0 saturated heterocycles. The second-order valence-corrected chi connectivity index (χ2v) is 3.29. The van der Waals surface area contributed by atoms with Crippen LogP contribution in [0.15, 0.2) is 55.1 Å². The number of ether oxygens (including phenoxy) is 1. The smallest absolute Gasteiger partial charge is 0.208 e. The number of nitrogens with one attached hydrogen (secondary N) is 1. The van der Waals surface area contributed by atoms with E-state index in [2.05, 4.69) is 13.2 Å². The highest BCUT2D eigenvalue weighted by atomic mass is 16.5. The molecule has 86 valence electrons. The molecule has 0 aliphatic rings. The van der Waals surface area contributed by atoms with E-state index in [9.17, 15) is 0 Å². The molecule has 0 atom stereocenters. The molecule has 0 aromatic heterocycles. The second-order valence-electron chi connectivity index (χ2n) is 3.29. The minimum absolute atomic E-state index is 0.156. The van der Waals surface area contributed by atoms with Gasteiger partial charge in [-0.05, 0) is 19.4 Å². The highest BCUT2D eigenvalue weighted by Crippen LogP contribution is 2.02. The summed E-state index contributed by atoms with van der Waals surface area (Å²) in [6.07, 6.45) is 1.75. The van der Waals surface area contributed by atoms with Crippen LogP contribution in [0.3, 0.4) is 0 Å². The summed E-state index contributed by atoms with van der Waals surface area (Å²) in [5.74, 6) is 0.156. The third kappa shape index (κ3) is 6.60. The molecule has 0 spiro atoms. The quantitative estimate of drug-likeness (QED) is 0.464. The third-order valence-electron chi connectivity index (χ3n) is 1.61. The van der Waals surface area contributed by atoms with E-state index in [1.165, 1.54) is 0 Å². The van der Waals surface area contributed by atoms with E-state index in [1.54, 1.807) is 13.0 Å². The fraction of sp³-hybridized carbons (Fsp3) is 0.214. The van der Waals surface area contributed by atoms with E-state index < -0.39 is 0 Å². The molecule has 1 rings (SSSR count). The van der Waals surface area contributed by atoms with Gasteiger partial charge in [-0.3, -0.25) is 5.41 Å². The minimum atomic E-state index is 0.156. The normalized spacial score (nSPS) is 8.38. The zero-order valence-electron chi connectivity index (χ0n) is 9.99.